The predicted molar refractivity (Wildman–Crippen MR) is 154 cm³/mol. The number of rotatable bonds is 9. The molecule has 0 aliphatic carbocycles. The van der Waals surface area contributed by atoms with E-state index in [1.807, 2.05) is 0 Å². The molecule has 4 fully saturated rings. The maximum absolute atomic E-state index is 14.3. The molecule has 4 aliphatic rings. The summed E-state index contributed by atoms with van der Waals surface area (Å²) in [6, 6.07) is 0. The normalized spacial score (nSPS) is 33.6. The maximum atomic E-state index is 14.3. The van der Waals surface area contributed by atoms with E-state index in [2.05, 4.69) is 20.1 Å². The van der Waals surface area contributed by atoms with Crippen LogP contribution < -0.4 is 10.1 Å². The summed E-state index contributed by atoms with van der Waals surface area (Å²) < 4.78 is 122. The number of nitrogens with zero attached hydrogens (tertiary/aromatic N) is 3. The Hall–Kier alpha value is -3.20. The van der Waals surface area contributed by atoms with Gasteiger partial charge in [-0.3, -0.25) is 4.79 Å². The summed E-state index contributed by atoms with van der Waals surface area (Å²) in [7, 11) is 0. The summed E-state index contributed by atoms with van der Waals surface area (Å²) in [5.41, 5.74) is 8.84. The molecule has 4 heterocycles. The molecule has 15 nitrogen and oxygen atoms in total. The molecular formula is C30H37F5N4O11. The molecule has 8 atom stereocenters. The molecule has 0 radical (unpaired) electrons. The van der Waals surface area contributed by atoms with Crippen LogP contribution in [0, 0.1) is 29.1 Å². The lowest BCUT2D eigenvalue weighted by Crippen LogP contribution is -2.52. The van der Waals surface area contributed by atoms with E-state index in [0.29, 0.717) is 0 Å². The van der Waals surface area contributed by atoms with Crippen molar-refractivity contribution in [2.75, 3.05) is 13.1 Å². The maximum Gasteiger partial charge on any atom is 0.343 e. The van der Waals surface area contributed by atoms with Gasteiger partial charge in [0, 0.05) is 11.5 Å². The summed E-state index contributed by atoms with van der Waals surface area (Å²) in [5.74, 6) is -21.1. The van der Waals surface area contributed by atoms with Crippen LogP contribution >= 0.6 is 0 Å². The van der Waals surface area contributed by atoms with Gasteiger partial charge in [0.2, 0.25) is 34.8 Å². The Morgan fingerprint density at radius 1 is 0.660 bits per heavy atom. The van der Waals surface area contributed by atoms with Crippen molar-refractivity contribution in [2.45, 2.75) is 127 Å². The third-order valence-electron chi connectivity index (χ3n) is 8.01. The number of hydrogen-bond acceptors (Lipinski definition) is 12. The first kappa shape index (κ1) is 38.0. The fourth-order valence-corrected chi connectivity index (χ4v) is 6.28. The van der Waals surface area contributed by atoms with E-state index in [1.54, 1.807) is 27.7 Å². The van der Waals surface area contributed by atoms with Crippen LogP contribution in [0.5, 0.6) is 5.75 Å². The summed E-state index contributed by atoms with van der Waals surface area (Å²) >= 11 is 0. The molecule has 0 aromatic heterocycles. The monoisotopic (exact) mass is 724 g/mol. The number of nitrogens with one attached hydrogen (secondary N) is 1. The van der Waals surface area contributed by atoms with Gasteiger partial charge >= 0.3 is 5.97 Å². The number of carbonyl (C=O) groups excluding carboxylic acids is 2. The van der Waals surface area contributed by atoms with E-state index in [0.717, 1.165) is 0 Å². The molecule has 0 unspecified atom stereocenters. The van der Waals surface area contributed by atoms with Gasteiger partial charge in [0.15, 0.2) is 35.4 Å². The van der Waals surface area contributed by atoms with Crippen LogP contribution in [0.25, 0.3) is 10.4 Å². The van der Waals surface area contributed by atoms with Gasteiger partial charge in [-0.05, 0) is 60.9 Å². The molecule has 50 heavy (non-hydrogen) atoms. The minimum absolute atomic E-state index is 0.114. The topological polar surface area (TPSA) is 178 Å². The minimum Gasteiger partial charge on any atom is -0.418 e. The Bertz CT molecular complexity index is 1540. The Morgan fingerprint density at radius 3 is 1.62 bits per heavy atom. The van der Waals surface area contributed by atoms with Crippen LogP contribution in [0.1, 0.15) is 55.4 Å². The number of carbonyl (C=O) groups is 2. The molecule has 4 saturated heterocycles. The van der Waals surface area contributed by atoms with Crippen molar-refractivity contribution < 1.29 is 74.2 Å². The van der Waals surface area contributed by atoms with Crippen molar-refractivity contribution in [2.24, 2.45) is 5.11 Å². The Morgan fingerprint density at radius 2 is 1.08 bits per heavy atom. The number of esters is 1. The molecule has 0 spiro atoms. The average molecular weight is 725 g/mol. The van der Waals surface area contributed by atoms with Gasteiger partial charge in [-0.1, -0.05) is 5.11 Å². The zero-order chi connectivity index (χ0) is 37.1. The fourth-order valence-electron chi connectivity index (χ4n) is 6.28. The number of benzene rings is 1. The summed E-state index contributed by atoms with van der Waals surface area (Å²) in [6.45, 7) is 11.9. The van der Waals surface area contributed by atoms with Gasteiger partial charge in [-0.25, -0.2) is 18.0 Å². The summed E-state index contributed by atoms with van der Waals surface area (Å²) in [5, 5.41) is 6.28. The molecule has 0 bridgehead atoms. The lowest BCUT2D eigenvalue weighted by atomic mass is 10.0. The highest BCUT2D eigenvalue weighted by Gasteiger charge is 2.58. The van der Waals surface area contributed by atoms with Crippen LogP contribution in [0.2, 0.25) is 0 Å². The standard InChI is InChI=1S/C30H37F5N4O11/c1-27(2)43-11(9-37-25(40)23-21(47-29(5,6)49-23)19-12(10-38-39-36)44-28(3,4)46-19)18(45-27)22-24(50-30(7,8)48-22)26(41)42-20-16(34)14(32)13(31)15(33)17(20)35/h11-12,18-19,21-24H,9-10H2,1-8H3,(H,37,40)/t11-,12-,18+,19+,21+,22+,23-,24-/m1/s1. The summed E-state index contributed by atoms with van der Waals surface area (Å²) in [6.07, 6.45) is -9.51. The van der Waals surface area contributed by atoms with Gasteiger partial charge < -0.3 is 47.9 Å². The largest absolute Gasteiger partial charge is 0.418 e. The third kappa shape index (κ3) is 7.68. The Balaban J connectivity index is 1.34. The fraction of sp³-hybridized carbons (Fsp3) is 0.733. The number of azide groups is 1. The van der Waals surface area contributed by atoms with Crippen molar-refractivity contribution in [3.8, 4) is 5.75 Å². The Kier molecular flexibility index (Phi) is 10.2. The quantitative estimate of drug-likeness (QED) is 0.0573. The molecule has 1 N–H and O–H groups in total. The molecule has 4 aliphatic heterocycles. The van der Waals surface area contributed by atoms with E-state index in [4.69, 9.17) is 43.4 Å². The van der Waals surface area contributed by atoms with Gasteiger partial charge in [0.1, 0.15) is 30.5 Å². The van der Waals surface area contributed by atoms with Gasteiger partial charge in [-0.2, -0.15) is 8.78 Å². The van der Waals surface area contributed by atoms with Crippen molar-refractivity contribution in [1.82, 2.24) is 5.32 Å². The predicted octanol–water partition coefficient (Wildman–Crippen LogP) is 3.79. The molecule has 278 valence electrons. The molecule has 20 heteroatoms. The minimum atomic E-state index is -2.44. The second-order valence-electron chi connectivity index (χ2n) is 13.8. The Labute approximate surface area is 282 Å². The second kappa shape index (κ2) is 13.4. The van der Waals surface area contributed by atoms with Crippen molar-refractivity contribution in [3.63, 3.8) is 0 Å². The van der Waals surface area contributed by atoms with Crippen molar-refractivity contribution in [1.29, 1.82) is 0 Å². The van der Waals surface area contributed by atoms with Crippen LogP contribution in [-0.4, -0.2) is 96.9 Å². The average Bonchev–Trinajstić information content (AvgIpc) is 3.72. The molecule has 1 aromatic rings. The van der Waals surface area contributed by atoms with E-state index in [1.165, 1.54) is 27.7 Å². The lowest BCUT2D eigenvalue weighted by Gasteiger charge is -2.27. The van der Waals surface area contributed by atoms with Crippen LogP contribution in [0.4, 0.5) is 22.0 Å². The first-order valence-electron chi connectivity index (χ1n) is 15.5. The van der Waals surface area contributed by atoms with Gasteiger partial charge in [0.25, 0.3) is 5.91 Å². The zero-order valence-corrected chi connectivity index (χ0v) is 28.3. The van der Waals surface area contributed by atoms with Gasteiger partial charge in [-0.15, -0.1) is 0 Å². The van der Waals surface area contributed by atoms with Crippen molar-refractivity contribution in [3.05, 3.63) is 39.5 Å². The van der Waals surface area contributed by atoms with Crippen LogP contribution in [-0.2, 0) is 47.5 Å². The SMILES string of the molecule is CC1(C)O[C@H]([C@@H]2OC(C)(C)O[C@H]2C(=O)NC[C@H]2OC(C)(C)O[C@@H]2[C@@H]2OC(C)(C)O[C@H]2C(=O)Oc2c(F)c(F)c(F)c(F)c2F)[C@@H](CN=[N+]=[N-])O1. The first-order chi connectivity index (χ1) is 23.1. The first-order valence-corrected chi connectivity index (χ1v) is 15.5. The highest BCUT2D eigenvalue weighted by atomic mass is 19.2. The number of amides is 1. The van der Waals surface area contributed by atoms with Crippen molar-refractivity contribution >= 4 is 11.9 Å². The lowest BCUT2D eigenvalue weighted by molar-refractivity contribution is -0.175. The third-order valence-corrected chi connectivity index (χ3v) is 8.01. The van der Waals surface area contributed by atoms with E-state index >= 15 is 0 Å². The molecule has 1 amide bonds. The van der Waals surface area contributed by atoms with E-state index in [-0.39, 0.29) is 13.1 Å². The molecular weight excluding hydrogens is 687 g/mol. The summed E-state index contributed by atoms with van der Waals surface area (Å²) in [4.78, 5) is 29.6. The number of hydrogen-bond donors (Lipinski definition) is 1. The highest BCUT2D eigenvalue weighted by Crippen LogP contribution is 2.41. The molecule has 1 aromatic carbocycles. The van der Waals surface area contributed by atoms with E-state index in [9.17, 15) is 31.5 Å². The van der Waals surface area contributed by atoms with Crippen LogP contribution in [0.15, 0.2) is 5.11 Å². The molecule has 0 saturated carbocycles. The number of ether oxygens (including phenoxy) is 9. The van der Waals surface area contributed by atoms with Crippen LogP contribution in [0.3, 0.4) is 0 Å². The number of halogens is 5. The van der Waals surface area contributed by atoms with Gasteiger partial charge in [0.05, 0.1) is 12.6 Å². The second-order valence-corrected chi connectivity index (χ2v) is 13.8. The smallest absolute Gasteiger partial charge is 0.343 e. The van der Waals surface area contributed by atoms with E-state index < -0.39 is 119 Å². The molecule has 5 rings (SSSR count). The zero-order valence-electron chi connectivity index (χ0n) is 28.3. The highest BCUT2D eigenvalue weighted by molar-refractivity contribution is 5.82.